The molecule has 0 bridgehead atoms. The SMILES string of the molecule is CNC(C)(C)CNCCCCC(C)C. The highest BCUT2D eigenvalue weighted by Crippen LogP contribution is 2.05. The normalized spacial score (nSPS) is 12.4. The highest BCUT2D eigenvalue weighted by Gasteiger charge is 2.12. The van der Waals surface area contributed by atoms with Crippen LogP contribution in [-0.2, 0) is 0 Å². The van der Waals surface area contributed by atoms with E-state index in [0.717, 1.165) is 19.0 Å². The minimum absolute atomic E-state index is 0.220. The Morgan fingerprint density at radius 1 is 1.14 bits per heavy atom. The van der Waals surface area contributed by atoms with E-state index in [4.69, 9.17) is 0 Å². The van der Waals surface area contributed by atoms with Gasteiger partial charge in [-0.2, -0.15) is 0 Å². The van der Waals surface area contributed by atoms with E-state index in [2.05, 4.69) is 38.3 Å². The number of unbranched alkanes of at least 4 members (excludes halogenated alkanes) is 1. The van der Waals surface area contributed by atoms with Crippen LogP contribution in [0.15, 0.2) is 0 Å². The Morgan fingerprint density at radius 3 is 2.29 bits per heavy atom. The molecule has 0 spiro atoms. The van der Waals surface area contributed by atoms with Crippen LogP contribution in [0.3, 0.4) is 0 Å². The first-order chi connectivity index (χ1) is 6.48. The smallest absolute Gasteiger partial charge is 0.0246 e. The van der Waals surface area contributed by atoms with Gasteiger partial charge in [-0.05, 0) is 39.8 Å². The summed E-state index contributed by atoms with van der Waals surface area (Å²) in [5, 5.41) is 6.78. The fourth-order valence-corrected chi connectivity index (χ4v) is 1.29. The second kappa shape index (κ2) is 7.24. The van der Waals surface area contributed by atoms with Crippen LogP contribution in [0.5, 0.6) is 0 Å². The predicted octanol–water partition coefficient (Wildman–Crippen LogP) is 2.40. The first-order valence-electron chi connectivity index (χ1n) is 5.87. The van der Waals surface area contributed by atoms with Crippen LogP contribution in [0.25, 0.3) is 0 Å². The molecular weight excluding hydrogens is 172 g/mol. The summed E-state index contributed by atoms with van der Waals surface area (Å²) in [7, 11) is 2.01. The highest BCUT2D eigenvalue weighted by atomic mass is 15.0. The summed E-state index contributed by atoms with van der Waals surface area (Å²) in [6.45, 7) is 11.2. The quantitative estimate of drug-likeness (QED) is 0.588. The second-order valence-corrected chi connectivity index (χ2v) is 5.20. The fourth-order valence-electron chi connectivity index (χ4n) is 1.29. The molecule has 0 saturated heterocycles. The zero-order valence-electron chi connectivity index (χ0n) is 10.6. The van der Waals surface area contributed by atoms with Gasteiger partial charge in [0.1, 0.15) is 0 Å². The number of likely N-dealkylation sites (N-methyl/N-ethyl adjacent to an activating group) is 1. The maximum atomic E-state index is 3.49. The second-order valence-electron chi connectivity index (χ2n) is 5.20. The number of nitrogens with one attached hydrogen (secondary N) is 2. The Balaban J connectivity index is 3.21. The monoisotopic (exact) mass is 200 g/mol. The van der Waals surface area contributed by atoms with Gasteiger partial charge in [-0.3, -0.25) is 0 Å². The lowest BCUT2D eigenvalue weighted by Crippen LogP contribution is -2.45. The zero-order chi connectivity index (χ0) is 11.0. The molecule has 0 aromatic carbocycles. The molecule has 0 radical (unpaired) electrons. The van der Waals surface area contributed by atoms with Gasteiger partial charge in [0.25, 0.3) is 0 Å². The van der Waals surface area contributed by atoms with E-state index in [-0.39, 0.29) is 5.54 Å². The van der Waals surface area contributed by atoms with Crippen molar-refractivity contribution >= 4 is 0 Å². The van der Waals surface area contributed by atoms with E-state index in [9.17, 15) is 0 Å². The standard InChI is InChI=1S/C12H28N2/c1-11(2)8-6-7-9-14-10-12(3,4)13-5/h11,13-14H,6-10H2,1-5H3. The molecule has 0 aromatic rings. The minimum Gasteiger partial charge on any atom is -0.315 e. The molecule has 0 heterocycles. The maximum absolute atomic E-state index is 3.49. The van der Waals surface area contributed by atoms with Crippen LogP contribution in [0.1, 0.15) is 47.0 Å². The minimum atomic E-state index is 0.220. The lowest BCUT2D eigenvalue weighted by atomic mass is 10.1. The summed E-state index contributed by atoms with van der Waals surface area (Å²) in [5.41, 5.74) is 0.220. The van der Waals surface area contributed by atoms with Gasteiger partial charge in [-0.15, -0.1) is 0 Å². The summed E-state index contributed by atoms with van der Waals surface area (Å²) in [6.07, 6.45) is 4.01. The first kappa shape index (κ1) is 13.9. The van der Waals surface area contributed by atoms with Gasteiger partial charge in [0.05, 0.1) is 0 Å². The topological polar surface area (TPSA) is 24.1 Å². The first-order valence-corrected chi connectivity index (χ1v) is 5.87. The molecule has 0 aliphatic carbocycles. The zero-order valence-corrected chi connectivity index (χ0v) is 10.6. The Morgan fingerprint density at radius 2 is 1.79 bits per heavy atom. The molecule has 86 valence electrons. The lowest BCUT2D eigenvalue weighted by Gasteiger charge is -2.24. The van der Waals surface area contributed by atoms with Gasteiger partial charge in [-0.1, -0.05) is 26.7 Å². The molecule has 0 rings (SSSR count). The molecule has 0 aliphatic rings. The van der Waals surface area contributed by atoms with E-state index in [0.29, 0.717) is 0 Å². The van der Waals surface area contributed by atoms with Crippen molar-refractivity contribution in [2.24, 2.45) is 5.92 Å². The Kier molecular flexibility index (Phi) is 7.20. The molecule has 0 aromatic heterocycles. The van der Waals surface area contributed by atoms with Gasteiger partial charge in [0.15, 0.2) is 0 Å². The van der Waals surface area contributed by atoms with Gasteiger partial charge in [0, 0.05) is 12.1 Å². The molecule has 0 fully saturated rings. The van der Waals surface area contributed by atoms with Crippen LogP contribution >= 0.6 is 0 Å². The summed E-state index contributed by atoms with van der Waals surface area (Å²) in [6, 6.07) is 0. The van der Waals surface area contributed by atoms with Crippen molar-refractivity contribution in [3.63, 3.8) is 0 Å². The van der Waals surface area contributed by atoms with Gasteiger partial charge in [0.2, 0.25) is 0 Å². The fraction of sp³-hybridized carbons (Fsp3) is 1.00. The van der Waals surface area contributed by atoms with Crippen molar-refractivity contribution in [2.75, 3.05) is 20.1 Å². The van der Waals surface area contributed by atoms with E-state index in [1.807, 2.05) is 7.05 Å². The molecule has 0 atom stereocenters. The average Bonchev–Trinajstić information content (AvgIpc) is 2.10. The average molecular weight is 200 g/mol. The Hall–Kier alpha value is -0.0800. The molecule has 0 saturated carbocycles. The van der Waals surface area contributed by atoms with Crippen LogP contribution < -0.4 is 10.6 Å². The van der Waals surface area contributed by atoms with E-state index in [1.165, 1.54) is 19.3 Å². The van der Waals surface area contributed by atoms with Crippen LogP contribution in [0.4, 0.5) is 0 Å². The third-order valence-electron chi connectivity index (χ3n) is 2.63. The third kappa shape index (κ3) is 8.52. The van der Waals surface area contributed by atoms with Crippen molar-refractivity contribution in [1.29, 1.82) is 0 Å². The van der Waals surface area contributed by atoms with E-state index in [1.54, 1.807) is 0 Å². The van der Waals surface area contributed by atoms with Gasteiger partial charge < -0.3 is 10.6 Å². The summed E-state index contributed by atoms with van der Waals surface area (Å²) >= 11 is 0. The van der Waals surface area contributed by atoms with Crippen LogP contribution in [0, 0.1) is 5.92 Å². The molecule has 0 amide bonds. The lowest BCUT2D eigenvalue weighted by molar-refractivity contribution is 0.389. The van der Waals surface area contributed by atoms with Crippen molar-refractivity contribution in [3.8, 4) is 0 Å². The number of hydrogen-bond donors (Lipinski definition) is 2. The van der Waals surface area contributed by atoms with Crippen molar-refractivity contribution < 1.29 is 0 Å². The van der Waals surface area contributed by atoms with Gasteiger partial charge >= 0.3 is 0 Å². The predicted molar refractivity (Wildman–Crippen MR) is 64.7 cm³/mol. The highest BCUT2D eigenvalue weighted by molar-refractivity contribution is 4.77. The van der Waals surface area contributed by atoms with E-state index >= 15 is 0 Å². The maximum Gasteiger partial charge on any atom is 0.0246 e. The third-order valence-corrected chi connectivity index (χ3v) is 2.63. The molecule has 14 heavy (non-hydrogen) atoms. The van der Waals surface area contributed by atoms with Crippen LogP contribution in [-0.4, -0.2) is 25.7 Å². The summed E-state index contributed by atoms with van der Waals surface area (Å²) < 4.78 is 0. The molecule has 2 heteroatoms. The Labute approximate surface area is 89.9 Å². The molecule has 0 unspecified atom stereocenters. The Bertz CT molecular complexity index is 130. The molecule has 2 N–H and O–H groups in total. The van der Waals surface area contributed by atoms with Crippen molar-refractivity contribution in [3.05, 3.63) is 0 Å². The molecular formula is C12H28N2. The van der Waals surface area contributed by atoms with Crippen LogP contribution in [0.2, 0.25) is 0 Å². The van der Waals surface area contributed by atoms with Crippen molar-refractivity contribution in [1.82, 2.24) is 10.6 Å². The van der Waals surface area contributed by atoms with Gasteiger partial charge in [-0.25, -0.2) is 0 Å². The van der Waals surface area contributed by atoms with Crippen molar-refractivity contribution in [2.45, 2.75) is 52.5 Å². The number of hydrogen-bond acceptors (Lipinski definition) is 2. The summed E-state index contributed by atoms with van der Waals surface area (Å²) in [4.78, 5) is 0. The molecule has 0 aliphatic heterocycles. The summed E-state index contributed by atoms with van der Waals surface area (Å²) in [5.74, 6) is 0.851. The number of rotatable bonds is 8. The molecule has 2 nitrogen and oxygen atoms in total. The van der Waals surface area contributed by atoms with E-state index < -0.39 is 0 Å². The largest absolute Gasteiger partial charge is 0.315 e.